The largest absolute Gasteiger partial charge is 0.493 e. The van der Waals surface area contributed by atoms with Crippen molar-refractivity contribution in [2.45, 2.75) is 45.8 Å². The van der Waals surface area contributed by atoms with Gasteiger partial charge in [-0.05, 0) is 31.4 Å². The average Bonchev–Trinajstić information content (AvgIpc) is 2.93. The van der Waals surface area contributed by atoms with E-state index in [1.807, 2.05) is 18.3 Å². The zero-order chi connectivity index (χ0) is 16.2. The van der Waals surface area contributed by atoms with Crippen molar-refractivity contribution >= 4 is 0 Å². The van der Waals surface area contributed by atoms with Gasteiger partial charge in [0.1, 0.15) is 6.61 Å². The molecule has 0 saturated carbocycles. The number of ether oxygens (including phenoxy) is 2. The van der Waals surface area contributed by atoms with Crippen LogP contribution in [0, 0.1) is 6.92 Å². The molecule has 0 spiro atoms. The van der Waals surface area contributed by atoms with E-state index in [9.17, 15) is 0 Å². The number of aryl methyl sites for hydroxylation is 1. The minimum absolute atomic E-state index is 0.309. The van der Waals surface area contributed by atoms with Crippen LogP contribution in [0.25, 0.3) is 0 Å². The quantitative estimate of drug-likeness (QED) is 0.890. The van der Waals surface area contributed by atoms with Gasteiger partial charge in [0, 0.05) is 30.4 Å². The Labute approximate surface area is 137 Å². The number of hydrogen-bond acceptors (Lipinski definition) is 4. The highest BCUT2D eigenvalue weighted by Gasteiger charge is 2.22. The van der Waals surface area contributed by atoms with Gasteiger partial charge in [-0.2, -0.15) is 5.10 Å². The van der Waals surface area contributed by atoms with Crippen molar-refractivity contribution in [1.82, 2.24) is 15.1 Å². The van der Waals surface area contributed by atoms with Gasteiger partial charge in [0.05, 0.1) is 13.3 Å². The lowest BCUT2D eigenvalue weighted by atomic mass is 10.0. The second-order valence-corrected chi connectivity index (χ2v) is 6.02. The molecule has 1 unspecified atom stereocenters. The van der Waals surface area contributed by atoms with E-state index < -0.39 is 0 Å². The molecular weight excluding hydrogens is 290 g/mol. The van der Waals surface area contributed by atoms with E-state index in [-0.39, 0.29) is 0 Å². The van der Waals surface area contributed by atoms with E-state index in [1.54, 1.807) is 7.11 Å². The Hall–Kier alpha value is -2.01. The molecule has 23 heavy (non-hydrogen) atoms. The molecule has 0 aliphatic carbocycles. The summed E-state index contributed by atoms with van der Waals surface area (Å²) in [6, 6.07) is 6.37. The first-order chi connectivity index (χ1) is 11.2. The summed E-state index contributed by atoms with van der Waals surface area (Å²) in [5, 5.41) is 8.05. The number of nitrogens with zero attached hydrogens (tertiary/aromatic N) is 2. The lowest BCUT2D eigenvalue weighted by Crippen LogP contribution is -2.39. The molecule has 0 fully saturated rings. The second kappa shape index (κ2) is 7.04. The number of fused-ring (bicyclic) bond motifs is 1. The van der Waals surface area contributed by atoms with E-state index in [0.717, 1.165) is 37.4 Å². The molecule has 1 atom stereocenters. The summed E-state index contributed by atoms with van der Waals surface area (Å²) in [5.74, 6) is 1.71. The molecular formula is C18H25N3O2. The minimum Gasteiger partial charge on any atom is -0.493 e. The van der Waals surface area contributed by atoms with Crippen molar-refractivity contribution in [3.8, 4) is 11.5 Å². The Morgan fingerprint density at radius 3 is 3.09 bits per heavy atom. The standard InChI is InChI=1S/C18H25N3O2/c1-4-8-21-13(2)15(11-20-21)10-19-16-9-14-6-5-7-17(22-3)18(14)23-12-16/h5-7,11,16,19H,4,8-10,12H2,1-3H3. The highest BCUT2D eigenvalue weighted by atomic mass is 16.5. The van der Waals surface area contributed by atoms with Crippen molar-refractivity contribution in [1.29, 1.82) is 0 Å². The molecule has 1 aliphatic rings. The van der Waals surface area contributed by atoms with E-state index >= 15 is 0 Å². The predicted octanol–water partition coefficient (Wildman–Crippen LogP) is 2.70. The molecule has 0 bridgehead atoms. The Kier molecular flexibility index (Phi) is 4.86. The highest BCUT2D eigenvalue weighted by Crippen LogP contribution is 2.34. The predicted molar refractivity (Wildman–Crippen MR) is 90.1 cm³/mol. The zero-order valence-corrected chi connectivity index (χ0v) is 14.1. The SMILES string of the molecule is CCCn1ncc(CNC2COc3c(cccc3OC)C2)c1C. The van der Waals surface area contributed by atoms with Gasteiger partial charge in [0.2, 0.25) is 0 Å². The Bertz CT molecular complexity index is 666. The van der Waals surface area contributed by atoms with Gasteiger partial charge in [-0.25, -0.2) is 0 Å². The summed E-state index contributed by atoms with van der Waals surface area (Å²) < 4.78 is 13.4. The Morgan fingerprint density at radius 2 is 2.30 bits per heavy atom. The first kappa shape index (κ1) is 15.9. The van der Waals surface area contributed by atoms with Crippen LogP contribution in [0.15, 0.2) is 24.4 Å². The topological polar surface area (TPSA) is 48.3 Å². The summed E-state index contributed by atoms with van der Waals surface area (Å²) in [4.78, 5) is 0. The van der Waals surface area contributed by atoms with Crippen molar-refractivity contribution in [3.63, 3.8) is 0 Å². The van der Waals surface area contributed by atoms with Crippen LogP contribution in [-0.2, 0) is 19.5 Å². The first-order valence-corrected chi connectivity index (χ1v) is 8.26. The fourth-order valence-electron chi connectivity index (χ4n) is 3.04. The maximum atomic E-state index is 5.91. The van der Waals surface area contributed by atoms with Gasteiger partial charge in [0.15, 0.2) is 11.5 Å². The van der Waals surface area contributed by atoms with Crippen LogP contribution in [0.2, 0.25) is 0 Å². The maximum Gasteiger partial charge on any atom is 0.164 e. The molecule has 5 heteroatoms. The van der Waals surface area contributed by atoms with Gasteiger partial charge < -0.3 is 14.8 Å². The first-order valence-electron chi connectivity index (χ1n) is 8.26. The number of nitrogens with one attached hydrogen (secondary N) is 1. The molecule has 0 radical (unpaired) electrons. The second-order valence-electron chi connectivity index (χ2n) is 6.02. The normalized spacial score (nSPS) is 16.7. The van der Waals surface area contributed by atoms with Crippen LogP contribution in [0.4, 0.5) is 0 Å². The zero-order valence-electron chi connectivity index (χ0n) is 14.1. The summed E-state index contributed by atoms with van der Waals surface area (Å²) in [6.45, 7) is 6.77. The number of aromatic nitrogens is 2. The van der Waals surface area contributed by atoms with Crippen molar-refractivity contribution in [2.24, 2.45) is 0 Å². The maximum absolute atomic E-state index is 5.91. The number of rotatable bonds is 6. The molecule has 1 aliphatic heterocycles. The molecule has 0 saturated heterocycles. The van der Waals surface area contributed by atoms with E-state index in [2.05, 4.69) is 35.0 Å². The molecule has 1 N–H and O–H groups in total. The molecule has 2 heterocycles. The van der Waals surface area contributed by atoms with Gasteiger partial charge in [-0.15, -0.1) is 0 Å². The van der Waals surface area contributed by atoms with Gasteiger partial charge in [-0.3, -0.25) is 4.68 Å². The van der Waals surface area contributed by atoms with Crippen LogP contribution in [0.5, 0.6) is 11.5 Å². The van der Waals surface area contributed by atoms with E-state index in [4.69, 9.17) is 9.47 Å². The number of methoxy groups -OCH3 is 1. The van der Waals surface area contributed by atoms with Crippen LogP contribution in [0.1, 0.15) is 30.2 Å². The number of para-hydroxylation sites is 1. The summed E-state index contributed by atoms with van der Waals surface area (Å²) in [6.07, 6.45) is 4.03. The number of benzene rings is 1. The lowest BCUT2D eigenvalue weighted by molar-refractivity contribution is 0.226. The molecule has 1 aromatic heterocycles. The number of hydrogen-bond donors (Lipinski definition) is 1. The monoisotopic (exact) mass is 315 g/mol. The fourth-order valence-corrected chi connectivity index (χ4v) is 3.04. The Morgan fingerprint density at radius 1 is 1.43 bits per heavy atom. The molecule has 1 aromatic carbocycles. The highest BCUT2D eigenvalue weighted by molar-refractivity contribution is 5.48. The van der Waals surface area contributed by atoms with E-state index in [0.29, 0.717) is 12.6 Å². The molecule has 0 amide bonds. The lowest BCUT2D eigenvalue weighted by Gasteiger charge is -2.27. The molecule has 3 rings (SSSR count). The third kappa shape index (κ3) is 3.34. The Balaban J connectivity index is 1.62. The average molecular weight is 315 g/mol. The molecule has 124 valence electrons. The van der Waals surface area contributed by atoms with Crippen LogP contribution in [-0.4, -0.2) is 29.5 Å². The summed E-state index contributed by atoms with van der Waals surface area (Å²) in [7, 11) is 1.68. The smallest absolute Gasteiger partial charge is 0.164 e. The van der Waals surface area contributed by atoms with Crippen LogP contribution < -0.4 is 14.8 Å². The van der Waals surface area contributed by atoms with Gasteiger partial charge in [0.25, 0.3) is 0 Å². The third-order valence-corrected chi connectivity index (χ3v) is 4.40. The van der Waals surface area contributed by atoms with Gasteiger partial charge >= 0.3 is 0 Å². The van der Waals surface area contributed by atoms with Crippen LogP contribution in [0.3, 0.4) is 0 Å². The van der Waals surface area contributed by atoms with Crippen molar-refractivity contribution in [2.75, 3.05) is 13.7 Å². The van der Waals surface area contributed by atoms with Crippen molar-refractivity contribution < 1.29 is 9.47 Å². The van der Waals surface area contributed by atoms with Crippen molar-refractivity contribution in [3.05, 3.63) is 41.2 Å². The molecule has 5 nitrogen and oxygen atoms in total. The van der Waals surface area contributed by atoms with Crippen LogP contribution >= 0.6 is 0 Å². The summed E-state index contributed by atoms with van der Waals surface area (Å²) in [5.41, 5.74) is 3.71. The fraction of sp³-hybridized carbons (Fsp3) is 0.500. The van der Waals surface area contributed by atoms with E-state index in [1.165, 1.54) is 16.8 Å². The third-order valence-electron chi connectivity index (χ3n) is 4.40. The molecule has 2 aromatic rings. The minimum atomic E-state index is 0.309. The van der Waals surface area contributed by atoms with Gasteiger partial charge in [-0.1, -0.05) is 19.1 Å². The summed E-state index contributed by atoms with van der Waals surface area (Å²) >= 11 is 0.